The van der Waals surface area contributed by atoms with Gasteiger partial charge in [-0.3, -0.25) is 0 Å². The van der Waals surface area contributed by atoms with Crippen LogP contribution in [0.3, 0.4) is 0 Å². The molecule has 0 radical (unpaired) electrons. The van der Waals surface area contributed by atoms with Crippen molar-refractivity contribution in [2.45, 2.75) is 13.8 Å². The highest BCUT2D eigenvalue weighted by Gasteiger charge is 2.20. The smallest absolute Gasteiger partial charge is 0.342 e. The number of nitrogen functional groups attached to an aromatic ring is 1. The van der Waals surface area contributed by atoms with Gasteiger partial charge in [0.2, 0.25) is 5.95 Å². The Bertz CT molecular complexity index is 702. The summed E-state index contributed by atoms with van der Waals surface area (Å²) >= 11 is 0. The van der Waals surface area contributed by atoms with E-state index in [2.05, 4.69) is 9.97 Å². The van der Waals surface area contributed by atoms with Gasteiger partial charge in [-0.25, -0.2) is 14.8 Å². The summed E-state index contributed by atoms with van der Waals surface area (Å²) in [4.78, 5) is 20.5. The Morgan fingerprint density at radius 2 is 1.88 bits per heavy atom. The van der Waals surface area contributed by atoms with Gasteiger partial charge in [0, 0.05) is 12.7 Å². The number of hydrogen-bond acceptors (Lipinski definition) is 7. The molecule has 0 aliphatic heterocycles. The van der Waals surface area contributed by atoms with Gasteiger partial charge in [-0.15, -0.1) is 0 Å². The molecule has 0 saturated carbocycles. The summed E-state index contributed by atoms with van der Waals surface area (Å²) in [6.45, 7) is 4.70. The summed E-state index contributed by atoms with van der Waals surface area (Å²) in [6.07, 6.45) is 0. The molecule has 0 atom stereocenters. The summed E-state index contributed by atoms with van der Waals surface area (Å²) in [5.41, 5.74) is 7.72. The number of ether oxygens (including phenoxy) is 3. The number of rotatable bonds is 7. The minimum atomic E-state index is -0.467. The van der Waals surface area contributed by atoms with E-state index >= 15 is 0 Å². The normalized spacial score (nSPS) is 10.5. The number of nitrogens with two attached hydrogens (primary N) is 1. The Labute approximate surface area is 140 Å². The summed E-state index contributed by atoms with van der Waals surface area (Å²) in [6, 6.07) is 7.22. The first-order chi connectivity index (χ1) is 11.6. The van der Waals surface area contributed by atoms with Crippen LogP contribution in [0.5, 0.6) is 5.75 Å². The molecule has 0 saturated heterocycles. The number of anilines is 1. The molecule has 0 fully saturated rings. The SMILES string of the molecule is CCOC(=O)c1c(C)nc(N)nc1-c1ccc(OCCOC)cc1. The van der Waals surface area contributed by atoms with E-state index in [9.17, 15) is 4.79 Å². The Balaban J connectivity index is 2.35. The van der Waals surface area contributed by atoms with Gasteiger partial charge in [0.15, 0.2) is 0 Å². The van der Waals surface area contributed by atoms with Gasteiger partial charge in [-0.05, 0) is 38.1 Å². The minimum absolute atomic E-state index is 0.107. The number of carbonyl (C=O) groups excluding carboxylic acids is 1. The van der Waals surface area contributed by atoms with Crippen molar-refractivity contribution in [2.75, 3.05) is 32.7 Å². The van der Waals surface area contributed by atoms with Crippen molar-refractivity contribution in [1.82, 2.24) is 9.97 Å². The minimum Gasteiger partial charge on any atom is -0.491 e. The average Bonchev–Trinajstić information content (AvgIpc) is 2.55. The summed E-state index contributed by atoms with van der Waals surface area (Å²) in [5, 5.41) is 0. The van der Waals surface area contributed by atoms with Crippen molar-refractivity contribution >= 4 is 11.9 Å². The van der Waals surface area contributed by atoms with E-state index in [1.54, 1.807) is 33.1 Å². The van der Waals surface area contributed by atoms with Crippen molar-refractivity contribution in [3.05, 3.63) is 35.5 Å². The number of aryl methyl sites for hydroxylation is 1. The van der Waals surface area contributed by atoms with Crippen molar-refractivity contribution in [1.29, 1.82) is 0 Å². The molecule has 0 amide bonds. The first-order valence-corrected chi connectivity index (χ1v) is 7.60. The Kier molecular flexibility index (Phi) is 6.08. The summed E-state index contributed by atoms with van der Waals surface area (Å²) in [7, 11) is 1.62. The van der Waals surface area contributed by atoms with E-state index in [1.807, 2.05) is 12.1 Å². The van der Waals surface area contributed by atoms with Crippen molar-refractivity contribution in [3.63, 3.8) is 0 Å². The van der Waals surface area contributed by atoms with Crippen molar-refractivity contribution in [2.24, 2.45) is 0 Å². The van der Waals surface area contributed by atoms with Crippen LogP contribution in [-0.2, 0) is 9.47 Å². The van der Waals surface area contributed by atoms with Crippen LogP contribution in [-0.4, -0.2) is 42.9 Å². The molecule has 7 heteroatoms. The number of esters is 1. The number of nitrogens with zero attached hydrogens (tertiary/aromatic N) is 2. The van der Waals surface area contributed by atoms with Crippen LogP contribution in [0.25, 0.3) is 11.3 Å². The maximum absolute atomic E-state index is 12.2. The van der Waals surface area contributed by atoms with E-state index in [-0.39, 0.29) is 12.6 Å². The zero-order chi connectivity index (χ0) is 17.5. The van der Waals surface area contributed by atoms with Gasteiger partial charge in [0.05, 0.1) is 24.6 Å². The molecule has 2 rings (SSSR count). The molecule has 1 aromatic carbocycles. The largest absolute Gasteiger partial charge is 0.491 e. The Hall–Kier alpha value is -2.67. The monoisotopic (exact) mass is 331 g/mol. The molecule has 2 N–H and O–H groups in total. The highest BCUT2D eigenvalue weighted by atomic mass is 16.5. The first-order valence-electron chi connectivity index (χ1n) is 7.60. The summed E-state index contributed by atoms with van der Waals surface area (Å²) < 4.78 is 15.6. The molecule has 2 aromatic rings. The second-order valence-corrected chi connectivity index (χ2v) is 4.98. The van der Waals surface area contributed by atoms with Gasteiger partial charge in [-0.2, -0.15) is 0 Å². The number of carbonyl (C=O) groups is 1. The number of aromatic nitrogens is 2. The zero-order valence-corrected chi connectivity index (χ0v) is 14.0. The lowest BCUT2D eigenvalue weighted by atomic mass is 10.0. The lowest BCUT2D eigenvalue weighted by molar-refractivity contribution is 0.0525. The molecule has 1 heterocycles. The molecular weight excluding hydrogens is 310 g/mol. The molecule has 0 bridgehead atoms. The van der Waals surface area contributed by atoms with Gasteiger partial charge < -0.3 is 19.9 Å². The molecule has 1 aromatic heterocycles. The third-order valence-corrected chi connectivity index (χ3v) is 3.27. The third kappa shape index (κ3) is 4.20. The standard InChI is InChI=1S/C17H21N3O4/c1-4-23-16(21)14-11(2)19-17(18)20-15(14)12-5-7-13(8-6-12)24-10-9-22-3/h5-8H,4,9-10H2,1-3H3,(H2,18,19,20). The Morgan fingerprint density at radius 3 is 2.50 bits per heavy atom. The van der Waals surface area contributed by atoms with Crippen molar-refractivity contribution in [3.8, 4) is 17.0 Å². The predicted molar refractivity (Wildman–Crippen MR) is 89.9 cm³/mol. The predicted octanol–water partition coefficient (Wildman–Crippen LogP) is 2.24. The van der Waals surface area contributed by atoms with E-state index in [4.69, 9.17) is 19.9 Å². The molecule has 0 aliphatic rings. The first kappa shape index (κ1) is 17.7. The Morgan fingerprint density at radius 1 is 1.17 bits per heavy atom. The number of hydrogen-bond donors (Lipinski definition) is 1. The maximum Gasteiger partial charge on any atom is 0.342 e. The van der Waals surface area contributed by atoms with Gasteiger partial charge in [-0.1, -0.05) is 0 Å². The van der Waals surface area contributed by atoms with Crippen LogP contribution in [0.2, 0.25) is 0 Å². The number of benzene rings is 1. The van der Waals surface area contributed by atoms with Crippen LogP contribution in [0.4, 0.5) is 5.95 Å². The van der Waals surface area contributed by atoms with E-state index in [1.165, 1.54) is 0 Å². The molecule has 0 spiro atoms. The maximum atomic E-state index is 12.2. The van der Waals surface area contributed by atoms with E-state index in [0.29, 0.717) is 35.9 Å². The van der Waals surface area contributed by atoms with E-state index < -0.39 is 5.97 Å². The summed E-state index contributed by atoms with van der Waals surface area (Å²) in [5.74, 6) is 0.341. The van der Waals surface area contributed by atoms with Crippen LogP contribution >= 0.6 is 0 Å². The van der Waals surface area contributed by atoms with Crippen LogP contribution in [0.1, 0.15) is 23.0 Å². The topological polar surface area (TPSA) is 96.6 Å². The highest BCUT2D eigenvalue weighted by Crippen LogP contribution is 2.27. The van der Waals surface area contributed by atoms with E-state index in [0.717, 1.165) is 5.56 Å². The van der Waals surface area contributed by atoms with Crippen LogP contribution in [0.15, 0.2) is 24.3 Å². The molecular formula is C17H21N3O4. The lowest BCUT2D eigenvalue weighted by Gasteiger charge is -2.12. The third-order valence-electron chi connectivity index (χ3n) is 3.27. The number of methoxy groups -OCH3 is 1. The lowest BCUT2D eigenvalue weighted by Crippen LogP contribution is -2.13. The highest BCUT2D eigenvalue weighted by molar-refractivity contribution is 5.97. The fraction of sp³-hybridized carbons (Fsp3) is 0.353. The van der Waals surface area contributed by atoms with Crippen LogP contribution < -0.4 is 10.5 Å². The quantitative estimate of drug-likeness (QED) is 0.614. The molecule has 0 unspecified atom stereocenters. The fourth-order valence-corrected chi connectivity index (χ4v) is 2.20. The molecule has 0 aliphatic carbocycles. The van der Waals surface area contributed by atoms with Gasteiger partial charge in [0.1, 0.15) is 17.9 Å². The second kappa shape index (κ2) is 8.26. The zero-order valence-electron chi connectivity index (χ0n) is 14.0. The average molecular weight is 331 g/mol. The van der Waals surface area contributed by atoms with Crippen molar-refractivity contribution < 1.29 is 19.0 Å². The second-order valence-electron chi connectivity index (χ2n) is 4.98. The van der Waals surface area contributed by atoms with Gasteiger partial charge in [0.25, 0.3) is 0 Å². The molecule has 7 nitrogen and oxygen atoms in total. The van der Waals surface area contributed by atoms with Crippen LogP contribution in [0, 0.1) is 6.92 Å². The van der Waals surface area contributed by atoms with Gasteiger partial charge >= 0.3 is 5.97 Å². The molecule has 24 heavy (non-hydrogen) atoms. The fourth-order valence-electron chi connectivity index (χ4n) is 2.20. The molecule has 128 valence electrons.